The van der Waals surface area contributed by atoms with Crippen molar-refractivity contribution in [1.82, 2.24) is 19.9 Å². The summed E-state index contributed by atoms with van der Waals surface area (Å²) in [5, 5.41) is 8.63. The van der Waals surface area contributed by atoms with Gasteiger partial charge in [-0.3, -0.25) is 9.48 Å². The van der Waals surface area contributed by atoms with Crippen LogP contribution in [0.1, 0.15) is 25.3 Å². The second kappa shape index (κ2) is 9.51. The van der Waals surface area contributed by atoms with Crippen LogP contribution in [0.3, 0.4) is 0 Å². The molecule has 0 unspecified atom stereocenters. The Morgan fingerprint density at radius 1 is 1.21 bits per heavy atom. The van der Waals surface area contributed by atoms with Crippen LogP contribution in [0.15, 0.2) is 65.4 Å². The van der Waals surface area contributed by atoms with Crippen LogP contribution < -0.4 is 4.74 Å². The molecular formula is C26H25FN4O3. The summed E-state index contributed by atoms with van der Waals surface area (Å²) < 4.78 is 27.0. The van der Waals surface area contributed by atoms with E-state index in [0.717, 1.165) is 28.5 Å². The lowest BCUT2D eigenvalue weighted by molar-refractivity contribution is -0.131. The molecule has 2 aromatic heterocycles. The normalized spacial score (nSPS) is 13.8. The number of fused-ring (bicyclic) bond motifs is 1. The molecule has 1 aliphatic heterocycles. The van der Waals surface area contributed by atoms with Crippen LogP contribution in [-0.4, -0.2) is 45.5 Å². The number of aryl methyl sites for hydroxylation is 1. The Balaban J connectivity index is 1.34. The zero-order chi connectivity index (χ0) is 23.5. The van der Waals surface area contributed by atoms with Gasteiger partial charge in [0, 0.05) is 37.2 Å². The lowest BCUT2D eigenvalue weighted by Gasteiger charge is -2.27. The molecule has 0 atom stereocenters. The quantitative estimate of drug-likeness (QED) is 0.391. The van der Waals surface area contributed by atoms with Gasteiger partial charge in [0.25, 0.3) is 0 Å². The van der Waals surface area contributed by atoms with E-state index in [4.69, 9.17) is 9.15 Å². The molecule has 174 valence electrons. The number of carbonyl (C=O) groups is 1. The predicted molar refractivity (Wildman–Crippen MR) is 127 cm³/mol. The Morgan fingerprint density at radius 2 is 2.12 bits per heavy atom. The molecule has 3 heterocycles. The fourth-order valence-electron chi connectivity index (χ4n) is 4.24. The van der Waals surface area contributed by atoms with Crippen molar-refractivity contribution in [3.63, 3.8) is 0 Å². The fourth-order valence-corrected chi connectivity index (χ4v) is 4.24. The summed E-state index contributed by atoms with van der Waals surface area (Å²) in [6.07, 6.45) is 6.76. The lowest BCUT2D eigenvalue weighted by atomic mass is 9.99. The molecule has 0 radical (unpaired) electrons. The minimum Gasteiger partial charge on any atom is -0.493 e. The van der Waals surface area contributed by atoms with Crippen LogP contribution in [0.5, 0.6) is 5.75 Å². The Morgan fingerprint density at radius 3 is 2.94 bits per heavy atom. The van der Waals surface area contributed by atoms with Crippen molar-refractivity contribution in [3.8, 4) is 17.1 Å². The number of hydrogen-bond acceptors (Lipinski definition) is 5. The second-order valence-electron chi connectivity index (χ2n) is 8.19. The van der Waals surface area contributed by atoms with Gasteiger partial charge in [0.05, 0.1) is 24.9 Å². The largest absolute Gasteiger partial charge is 0.493 e. The number of hydrogen-bond donors (Lipinski definition) is 0. The van der Waals surface area contributed by atoms with E-state index in [1.54, 1.807) is 23.1 Å². The van der Waals surface area contributed by atoms with Gasteiger partial charge in [-0.1, -0.05) is 17.4 Å². The van der Waals surface area contributed by atoms with Gasteiger partial charge in [-0.25, -0.2) is 4.39 Å². The number of nitrogens with zero attached hydrogens (tertiary/aromatic N) is 4. The summed E-state index contributed by atoms with van der Waals surface area (Å²) in [4.78, 5) is 14.6. The van der Waals surface area contributed by atoms with Gasteiger partial charge in [-0.2, -0.15) is 0 Å². The molecule has 0 saturated carbocycles. The van der Waals surface area contributed by atoms with Crippen molar-refractivity contribution in [1.29, 1.82) is 0 Å². The fraction of sp³-hybridized carbons (Fsp3) is 0.269. The molecule has 0 fully saturated rings. The summed E-state index contributed by atoms with van der Waals surface area (Å²) in [6.45, 7) is 4.09. The minimum absolute atomic E-state index is 0.104. The van der Waals surface area contributed by atoms with Crippen molar-refractivity contribution < 1.29 is 18.3 Å². The number of furan rings is 1. The van der Waals surface area contributed by atoms with Gasteiger partial charge in [0.15, 0.2) is 0 Å². The highest BCUT2D eigenvalue weighted by Crippen LogP contribution is 2.36. The number of benzene rings is 2. The molecule has 0 N–H and O–H groups in total. The maximum Gasteiger partial charge on any atom is 0.224 e. The summed E-state index contributed by atoms with van der Waals surface area (Å²) in [7, 11) is 0. The summed E-state index contributed by atoms with van der Waals surface area (Å²) in [6, 6.07) is 12.4. The topological polar surface area (TPSA) is 73.4 Å². The van der Waals surface area contributed by atoms with Crippen molar-refractivity contribution >= 4 is 22.4 Å². The maximum atomic E-state index is 13.7. The molecule has 2 aromatic carbocycles. The number of halogens is 1. The van der Waals surface area contributed by atoms with Crippen molar-refractivity contribution in [3.05, 3.63) is 72.3 Å². The zero-order valence-electron chi connectivity index (χ0n) is 18.9. The molecule has 4 aromatic rings. The number of carbonyl (C=O) groups excluding carboxylic acids is 1. The van der Waals surface area contributed by atoms with Crippen molar-refractivity contribution in [2.45, 2.75) is 26.3 Å². The first kappa shape index (κ1) is 21.9. The first-order chi connectivity index (χ1) is 16.6. The average Bonchev–Trinajstić information content (AvgIpc) is 3.52. The van der Waals surface area contributed by atoms with Gasteiger partial charge >= 0.3 is 0 Å². The number of ether oxygens (including phenoxy) is 1. The van der Waals surface area contributed by atoms with Crippen LogP contribution in [0.4, 0.5) is 4.39 Å². The molecule has 34 heavy (non-hydrogen) atoms. The third kappa shape index (κ3) is 4.57. The van der Waals surface area contributed by atoms with E-state index in [9.17, 15) is 9.18 Å². The molecule has 0 bridgehead atoms. The van der Waals surface area contributed by atoms with Gasteiger partial charge < -0.3 is 14.1 Å². The molecule has 1 aliphatic rings. The predicted octanol–water partition coefficient (Wildman–Crippen LogP) is 4.94. The summed E-state index contributed by atoms with van der Waals surface area (Å²) >= 11 is 0. The van der Waals surface area contributed by atoms with E-state index in [1.807, 2.05) is 30.0 Å². The molecule has 0 saturated heterocycles. The van der Waals surface area contributed by atoms with Crippen LogP contribution in [-0.2, 0) is 11.3 Å². The number of rotatable bonds is 7. The Bertz CT molecular complexity index is 1340. The highest BCUT2D eigenvalue weighted by molar-refractivity contribution is 5.88. The van der Waals surface area contributed by atoms with Gasteiger partial charge in [0.1, 0.15) is 22.9 Å². The molecule has 5 rings (SSSR count). The van der Waals surface area contributed by atoms with Crippen LogP contribution in [0.2, 0.25) is 0 Å². The van der Waals surface area contributed by atoms with E-state index in [2.05, 4.69) is 22.5 Å². The highest BCUT2D eigenvalue weighted by atomic mass is 19.1. The first-order valence-corrected chi connectivity index (χ1v) is 11.4. The smallest absolute Gasteiger partial charge is 0.224 e. The maximum absolute atomic E-state index is 13.7. The molecule has 8 heteroatoms. The van der Waals surface area contributed by atoms with Gasteiger partial charge in [-0.15, -0.1) is 5.10 Å². The Kier molecular flexibility index (Phi) is 6.12. The molecule has 0 spiro atoms. The molecule has 0 aliphatic carbocycles. The van der Waals surface area contributed by atoms with Crippen LogP contribution >= 0.6 is 0 Å². The molecule has 1 amide bonds. The van der Waals surface area contributed by atoms with Crippen molar-refractivity contribution in [2.75, 3.05) is 19.7 Å². The lowest BCUT2D eigenvalue weighted by Crippen LogP contribution is -2.35. The number of aromatic nitrogens is 3. The van der Waals surface area contributed by atoms with Gasteiger partial charge in [0.2, 0.25) is 5.91 Å². The monoisotopic (exact) mass is 460 g/mol. The van der Waals surface area contributed by atoms with E-state index in [1.165, 1.54) is 12.1 Å². The minimum atomic E-state index is -0.352. The average molecular weight is 461 g/mol. The van der Waals surface area contributed by atoms with Crippen LogP contribution in [0.25, 0.3) is 27.9 Å². The van der Waals surface area contributed by atoms with E-state index < -0.39 is 0 Å². The van der Waals surface area contributed by atoms with E-state index >= 15 is 0 Å². The van der Waals surface area contributed by atoms with Crippen LogP contribution in [0, 0.1) is 5.82 Å². The Labute approximate surface area is 196 Å². The third-order valence-corrected chi connectivity index (χ3v) is 5.93. The molecule has 7 nitrogen and oxygen atoms in total. The van der Waals surface area contributed by atoms with E-state index in [0.29, 0.717) is 49.7 Å². The second-order valence-corrected chi connectivity index (χ2v) is 8.19. The first-order valence-electron chi connectivity index (χ1n) is 11.4. The summed E-state index contributed by atoms with van der Waals surface area (Å²) in [5.74, 6) is 0.831. The standard InChI is InChI=1S/C26H25FN4O3/c1-2-33-24-16-21(27)6-7-22(24)25-15-20-14-18(5-8-23(20)34-25)19-4-3-11-30(17-19)26(32)9-12-31-13-10-28-29-31/h4-8,10,13-16H,2-3,9,11-12,17H2,1H3. The highest BCUT2D eigenvalue weighted by Gasteiger charge is 2.20. The zero-order valence-corrected chi connectivity index (χ0v) is 18.9. The number of amides is 1. The Hall–Kier alpha value is -3.94. The van der Waals surface area contributed by atoms with E-state index in [-0.39, 0.29) is 11.7 Å². The van der Waals surface area contributed by atoms with Crippen molar-refractivity contribution in [2.24, 2.45) is 0 Å². The van der Waals surface area contributed by atoms with Gasteiger partial charge in [-0.05, 0) is 54.8 Å². The molecular weight excluding hydrogens is 435 g/mol. The summed E-state index contributed by atoms with van der Waals surface area (Å²) in [5.41, 5.74) is 3.62. The SMILES string of the molecule is CCOc1cc(F)ccc1-c1cc2cc(C3=CCCN(C(=O)CCn4ccnn4)C3)ccc2o1. The third-order valence-electron chi connectivity index (χ3n) is 5.93.